The van der Waals surface area contributed by atoms with Crippen LogP contribution >= 0.6 is 11.8 Å². The number of rotatable bonds is 6. The van der Waals surface area contributed by atoms with Crippen molar-refractivity contribution in [1.82, 2.24) is 25.2 Å². The van der Waals surface area contributed by atoms with E-state index in [1.165, 1.54) is 11.8 Å². The second kappa shape index (κ2) is 7.10. The second-order valence-corrected chi connectivity index (χ2v) is 5.50. The van der Waals surface area contributed by atoms with E-state index in [1.807, 2.05) is 30.5 Å². The van der Waals surface area contributed by atoms with Crippen LogP contribution < -0.4 is 9.47 Å². The molecule has 0 radical (unpaired) electrons. The lowest BCUT2D eigenvalue weighted by atomic mass is 10.3. The zero-order chi connectivity index (χ0) is 16.1. The summed E-state index contributed by atoms with van der Waals surface area (Å²) in [6, 6.07) is 9.43. The molecule has 3 aromatic rings. The molecule has 23 heavy (non-hydrogen) atoms. The first-order chi connectivity index (χ1) is 11.3. The Morgan fingerprint density at radius 3 is 2.83 bits per heavy atom. The SMILES string of the molecule is COc1ccc(-n2nnnc2SCc2cccnc2)c(OC)c1. The summed E-state index contributed by atoms with van der Waals surface area (Å²) in [7, 11) is 3.21. The summed E-state index contributed by atoms with van der Waals surface area (Å²) in [6.45, 7) is 0. The first-order valence-electron chi connectivity index (χ1n) is 6.84. The van der Waals surface area contributed by atoms with Gasteiger partial charge in [0.05, 0.1) is 14.2 Å². The molecule has 7 nitrogen and oxygen atoms in total. The highest BCUT2D eigenvalue weighted by atomic mass is 32.2. The molecule has 0 saturated heterocycles. The number of methoxy groups -OCH3 is 2. The van der Waals surface area contributed by atoms with Gasteiger partial charge in [-0.25, -0.2) is 0 Å². The summed E-state index contributed by atoms with van der Waals surface area (Å²) in [5, 5.41) is 12.6. The third-order valence-corrected chi connectivity index (χ3v) is 4.14. The van der Waals surface area contributed by atoms with Gasteiger partial charge < -0.3 is 9.47 Å². The Kier molecular flexibility index (Phi) is 4.72. The molecule has 0 aliphatic heterocycles. The molecule has 0 N–H and O–H groups in total. The number of pyridine rings is 1. The zero-order valence-electron chi connectivity index (χ0n) is 12.7. The van der Waals surface area contributed by atoms with Gasteiger partial charge in [-0.3, -0.25) is 4.98 Å². The molecule has 118 valence electrons. The van der Waals surface area contributed by atoms with Crippen LogP contribution in [0, 0.1) is 0 Å². The molecule has 8 heteroatoms. The van der Waals surface area contributed by atoms with Crippen LogP contribution in [0.3, 0.4) is 0 Å². The van der Waals surface area contributed by atoms with Crippen molar-refractivity contribution in [3.05, 3.63) is 48.3 Å². The summed E-state index contributed by atoms with van der Waals surface area (Å²) < 4.78 is 12.3. The quantitative estimate of drug-likeness (QED) is 0.643. The average molecular weight is 329 g/mol. The van der Waals surface area contributed by atoms with E-state index in [4.69, 9.17) is 9.47 Å². The Bertz CT molecular complexity index is 779. The summed E-state index contributed by atoms with van der Waals surface area (Å²) in [5.74, 6) is 2.08. The number of hydrogen-bond acceptors (Lipinski definition) is 7. The van der Waals surface area contributed by atoms with Crippen molar-refractivity contribution in [3.63, 3.8) is 0 Å². The first-order valence-corrected chi connectivity index (χ1v) is 7.83. The highest BCUT2D eigenvalue weighted by Crippen LogP contribution is 2.30. The Morgan fingerprint density at radius 1 is 1.17 bits per heavy atom. The van der Waals surface area contributed by atoms with Gasteiger partial charge in [-0.1, -0.05) is 17.8 Å². The van der Waals surface area contributed by atoms with Crippen molar-refractivity contribution in [2.45, 2.75) is 10.9 Å². The largest absolute Gasteiger partial charge is 0.497 e. The zero-order valence-corrected chi connectivity index (χ0v) is 13.5. The Hall–Kier alpha value is -2.61. The fraction of sp³-hybridized carbons (Fsp3) is 0.200. The van der Waals surface area contributed by atoms with E-state index >= 15 is 0 Å². The molecule has 0 atom stereocenters. The lowest BCUT2D eigenvalue weighted by Crippen LogP contribution is -2.02. The molecular weight excluding hydrogens is 314 g/mol. The minimum atomic E-state index is 0.639. The fourth-order valence-electron chi connectivity index (χ4n) is 2.01. The molecule has 3 rings (SSSR count). The van der Waals surface area contributed by atoms with Crippen LogP contribution in [0.4, 0.5) is 0 Å². The van der Waals surface area contributed by atoms with Crippen LogP contribution in [-0.2, 0) is 5.75 Å². The van der Waals surface area contributed by atoms with Crippen molar-refractivity contribution in [1.29, 1.82) is 0 Å². The number of benzene rings is 1. The molecule has 0 bridgehead atoms. The van der Waals surface area contributed by atoms with Crippen molar-refractivity contribution in [2.75, 3.05) is 14.2 Å². The van der Waals surface area contributed by atoms with Crippen molar-refractivity contribution < 1.29 is 9.47 Å². The van der Waals surface area contributed by atoms with Crippen molar-refractivity contribution in [2.24, 2.45) is 0 Å². The van der Waals surface area contributed by atoms with Crippen LogP contribution in [0.25, 0.3) is 5.69 Å². The average Bonchev–Trinajstić information content (AvgIpc) is 3.08. The third kappa shape index (κ3) is 3.42. The van der Waals surface area contributed by atoms with E-state index in [2.05, 4.69) is 20.5 Å². The van der Waals surface area contributed by atoms with Gasteiger partial charge in [0.2, 0.25) is 5.16 Å². The second-order valence-electron chi connectivity index (χ2n) is 4.56. The van der Waals surface area contributed by atoms with Crippen LogP contribution in [0.5, 0.6) is 11.5 Å². The molecule has 0 aliphatic rings. The third-order valence-electron chi connectivity index (χ3n) is 3.15. The van der Waals surface area contributed by atoms with Crippen molar-refractivity contribution in [3.8, 4) is 17.2 Å². The monoisotopic (exact) mass is 329 g/mol. The number of hydrogen-bond donors (Lipinski definition) is 0. The Labute approximate surface area is 137 Å². The van der Waals surface area contributed by atoms with Crippen LogP contribution in [0.2, 0.25) is 0 Å². The van der Waals surface area contributed by atoms with E-state index in [0.29, 0.717) is 16.7 Å². The number of thioether (sulfide) groups is 1. The van der Waals surface area contributed by atoms with Gasteiger partial charge in [-0.2, -0.15) is 4.68 Å². The molecule has 0 aliphatic carbocycles. The van der Waals surface area contributed by atoms with Gasteiger partial charge in [0.1, 0.15) is 17.2 Å². The summed E-state index contributed by atoms with van der Waals surface area (Å²) in [4.78, 5) is 4.11. The summed E-state index contributed by atoms with van der Waals surface area (Å²) in [6.07, 6.45) is 3.58. The topological polar surface area (TPSA) is 75.0 Å². The maximum absolute atomic E-state index is 5.41. The van der Waals surface area contributed by atoms with Crippen LogP contribution in [0.15, 0.2) is 47.9 Å². The van der Waals surface area contributed by atoms with E-state index in [0.717, 1.165) is 17.0 Å². The highest BCUT2D eigenvalue weighted by molar-refractivity contribution is 7.98. The molecule has 0 spiro atoms. The lowest BCUT2D eigenvalue weighted by molar-refractivity contribution is 0.391. The summed E-state index contributed by atoms with van der Waals surface area (Å²) in [5.41, 5.74) is 1.86. The first kappa shape index (κ1) is 15.3. The highest BCUT2D eigenvalue weighted by Gasteiger charge is 2.14. The molecule has 2 aromatic heterocycles. The van der Waals surface area contributed by atoms with Crippen LogP contribution in [-0.4, -0.2) is 39.4 Å². The minimum Gasteiger partial charge on any atom is -0.497 e. The normalized spacial score (nSPS) is 10.5. The van der Waals surface area contributed by atoms with Gasteiger partial charge in [0, 0.05) is 24.2 Å². The smallest absolute Gasteiger partial charge is 0.214 e. The van der Waals surface area contributed by atoms with E-state index in [-0.39, 0.29) is 0 Å². The summed E-state index contributed by atoms with van der Waals surface area (Å²) >= 11 is 1.53. The number of tetrazole rings is 1. The molecule has 0 amide bonds. The number of ether oxygens (including phenoxy) is 2. The van der Waals surface area contributed by atoms with Gasteiger partial charge in [0.15, 0.2) is 0 Å². The molecular formula is C15H15N5O2S. The number of nitrogens with zero attached hydrogens (tertiary/aromatic N) is 5. The van der Waals surface area contributed by atoms with E-state index in [9.17, 15) is 0 Å². The van der Waals surface area contributed by atoms with E-state index in [1.54, 1.807) is 31.2 Å². The predicted octanol–water partition coefficient (Wildman–Crippen LogP) is 2.37. The standard InChI is InChI=1S/C15H15N5O2S/c1-21-12-5-6-13(14(8-12)22-2)20-15(17-18-19-20)23-10-11-4-3-7-16-9-11/h3-9H,10H2,1-2H3. The van der Waals surface area contributed by atoms with Gasteiger partial charge in [0.25, 0.3) is 0 Å². The molecule has 1 aromatic carbocycles. The molecule has 2 heterocycles. The van der Waals surface area contributed by atoms with Gasteiger partial charge >= 0.3 is 0 Å². The maximum Gasteiger partial charge on any atom is 0.214 e. The Balaban J connectivity index is 1.86. The van der Waals surface area contributed by atoms with E-state index < -0.39 is 0 Å². The molecule has 0 fully saturated rings. The predicted molar refractivity (Wildman–Crippen MR) is 86.1 cm³/mol. The fourth-order valence-corrected chi connectivity index (χ4v) is 2.83. The lowest BCUT2D eigenvalue weighted by Gasteiger charge is -2.11. The minimum absolute atomic E-state index is 0.639. The van der Waals surface area contributed by atoms with Gasteiger partial charge in [-0.05, 0) is 34.2 Å². The Morgan fingerprint density at radius 2 is 2.09 bits per heavy atom. The van der Waals surface area contributed by atoms with Crippen molar-refractivity contribution >= 4 is 11.8 Å². The maximum atomic E-state index is 5.41. The number of aromatic nitrogens is 5. The molecule has 0 saturated carbocycles. The van der Waals surface area contributed by atoms with Gasteiger partial charge in [-0.15, -0.1) is 5.10 Å². The molecule has 0 unspecified atom stereocenters. The van der Waals surface area contributed by atoms with Crippen LogP contribution in [0.1, 0.15) is 5.56 Å².